The number of amides is 1. The van der Waals surface area contributed by atoms with E-state index in [0.717, 1.165) is 6.54 Å². The van der Waals surface area contributed by atoms with Crippen LogP contribution in [0.25, 0.3) is 0 Å². The van der Waals surface area contributed by atoms with Crippen LogP contribution in [0.2, 0.25) is 0 Å². The lowest BCUT2D eigenvalue weighted by molar-refractivity contribution is -0.125. The highest BCUT2D eigenvalue weighted by Gasteiger charge is 2.14. The smallest absolute Gasteiger partial charge is 0.237 e. The van der Waals surface area contributed by atoms with Gasteiger partial charge in [-0.3, -0.25) is 9.69 Å². The highest BCUT2D eigenvalue weighted by molar-refractivity contribution is 5.81. The maximum atomic E-state index is 11.2. The topological polar surface area (TPSA) is 32.3 Å². The third kappa shape index (κ3) is 3.37. The van der Waals surface area contributed by atoms with Crippen molar-refractivity contribution in [1.82, 2.24) is 10.2 Å². The summed E-state index contributed by atoms with van der Waals surface area (Å²) in [5, 5.41) is 2.78. The van der Waals surface area contributed by atoms with E-state index in [1.165, 1.54) is 0 Å². The third-order valence-electron chi connectivity index (χ3n) is 1.89. The van der Waals surface area contributed by atoms with Crippen LogP contribution < -0.4 is 5.32 Å². The van der Waals surface area contributed by atoms with Crippen LogP contribution in [0.1, 0.15) is 20.8 Å². The number of carbonyl (C=O) groups excluding carboxylic acids is 1. The van der Waals surface area contributed by atoms with Gasteiger partial charge in [0.05, 0.1) is 6.04 Å². The summed E-state index contributed by atoms with van der Waals surface area (Å²) in [5.74, 6) is 0.108. The summed E-state index contributed by atoms with van der Waals surface area (Å²) in [4.78, 5) is 13.2. The van der Waals surface area contributed by atoms with Crippen LogP contribution in [0.4, 0.5) is 0 Å². The van der Waals surface area contributed by atoms with Crippen LogP contribution in [-0.4, -0.2) is 37.0 Å². The number of carbonyl (C=O) groups is 1. The highest BCUT2D eigenvalue weighted by atomic mass is 16.2. The lowest BCUT2D eigenvalue weighted by Crippen LogP contribution is -2.42. The van der Waals surface area contributed by atoms with Crippen molar-refractivity contribution in [3.8, 4) is 0 Å². The quantitative estimate of drug-likeness (QED) is 0.644. The number of likely N-dealkylation sites (N-methyl/N-ethyl adjacent to an activating group) is 2. The molecule has 0 radical (unpaired) electrons. The molecule has 1 atom stereocenters. The van der Waals surface area contributed by atoms with Crippen LogP contribution in [0.3, 0.4) is 0 Å². The number of hydrogen-bond acceptors (Lipinski definition) is 2. The number of rotatable bonds is 4. The molecule has 0 saturated heterocycles. The molecular formula is C8H18N2O. The zero-order valence-electron chi connectivity index (χ0n) is 7.85. The van der Waals surface area contributed by atoms with E-state index in [1.807, 2.05) is 32.7 Å². The van der Waals surface area contributed by atoms with Gasteiger partial charge in [-0.2, -0.15) is 0 Å². The first kappa shape index (κ1) is 10.4. The van der Waals surface area contributed by atoms with E-state index in [0.29, 0.717) is 6.54 Å². The molecule has 0 rings (SSSR count). The van der Waals surface area contributed by atoms with Crippen molar-refractivity contribution in [3.05, 3.63) is 0 Å². The zero-order chi connectivity index (χ0) is 8.85. The van der Waals surface area contributed by atoms with Gasteiger partial charge in [0, 0.05) is 6.54 Å². The monoisotopic (exact) mass is 158 g/mol. The van der Waals surface area contributed by atoms with E-state index in [4.69, 9.17) is 0 Å². The molecule has 0 heterocycles. The second-order valence-electron chi connectivity index (χ2n) is 2.64. The summed E-state index contributed by atoms with van der Waals surface area (Å²) < 4.78 is 0. The molecule has 1 amide bonds. The van der Waals surface area contributed by atoms with Crippen molar-refractivity contribution in [2.24, 2.45) is 0 Å². The Labute approximate surface area is 68.8 Å². The Morgan fingerprint density at radius 3 is 2.45 bits per heavy atom. The van der Waals surface area contributed by atoms with Crippen molar-refractivity contribution in [1.29, 1.82) is 0 Å². The number of nitrogens with zero attached hydrogens (tertiary/aromatic N) is 1. The molecule has 0 aromatic carbocycles. The van der Waals surface area contributed by atoms with Gasteiger partial charge in [-0.1, -0.05) is 6.92 Å². The minimum absolute atomic E-state index is 0.0139. The van der Waals surface area contributed by atoms with Crippen molar-refractivity contribution >= 4 is 5.91 Å². The molecule has 0 aromatic rings. The van der Waals surface area contributed by atoms with Gasteiger partial charge >= 0.3 is 0 Å². The molecule has 0 aliphatic carbocycles. The predicted octanol–water partition coefficient (Wildman–Crippen LogP) is 0.463. The van der Waals surface area contributed by atoms with Crippen molar-refractivity contribution in [3.63, 3.8) is 0 Å². The molecule has 0 bridgehead atoms. The molecule has 0 aromatic heterocycles. The van der Waals surface area contributed by atoms with Crippen molar-refractivity contribution in [2.45, 2.75) is 26.8 Å². The lowest BCUT2D eigenvalue weighted by atomic mass is 10.3. The van der Waals surface area contributed by atoms with Gasteiger partial charge < -0.3 is 5.32 Å². The largest absolute Gasteiger partial charge is 0.355 e. The fourth-order valence-corrected chi connectivity index (χ4v) is 0.796. The highest BCUT2D eigenvalue weighted by Crippen LogP contribution is 1.93. The summed E-state index contributed by atoms with van der Waals surface area (Å²) >= 11 is 0. The van der Waals surface area contributed by atoms with E-state index in [9.17, 15) is 4.79 Å². The standard InChI is InChI=1S/C8H18N2O/c1-5-9-8(11)7(3)10(4)6-2/h7H,5-6H2,1-4H3,(H,9,11). The van der Waals surface area contributed by atoms with E-state index < -0.39 is 0 Å². The molecule has 3 nitrogen and oxygen atoms in total. The van der Waals surface area contributed by atoms with E-state index in [-0.39, 0.29) is 11.9 Å². The van der Waals surface area contributed by atoms with Crippen molar-refractivity contribution in [2.75, 3.05) is 20.1 Å². The Hall–Kier alpha value is -0.570. The maximum absolute atomic E-state index is 11.2. The average Bonchev–Trinajstić information content (AvgIpc) is 2.02. The Balaban J connectivity index is 3.80. The molecular weight excluding hydrogens is 140 g/mol. The number of nitrogens with one attached hydrogen (secondary N) is 1. The number of hydrogen-bond donors (Lipinski definition) is 1. The first-order chi connectivity index (χ1) is 5.13. The first-order valence-electron chi connectivity index (χ1n) is 4.11. The molecule has 0 spiro atoms. The third-order valence-corrected chi connectivity index (χ3v) is 1.89. The molecule has 11 heavy (non-hydrogen) atoms. The van der Waals surface area contributed by atoms with Crippen LogP contribution in [-0.2, 0) is 4.79 Å². The molecule has 66 valence electrons. The van der Waals surface area contributed by atoms with Gasteiger partial charge in [-0.25, -0.2) is 0 Å². The van der Waals surface area contributed by atoms with Gasteiger partial charge in [-0.05, 0) is 27.4 Å². The summed E-state index contributed by atoms with van der Waals surface area (Å²) in [7, 11) is 1.94. The average molecular weight is 158 g/mol. The van der Waals surface area contributed by atoms with Gasteiger partial charge in [0.1, 0.15) is 0 Å². The van der Waals surface area contributed by atoms with Gasteiger partial charge in [0.2, 0.25) is 5.91 Å². The van der Waals surface area contributed by atoms with Crippen LogP contribution in [0, 0.1) is 0 Å². The van der Waals surface area contributed by atoms with E-state index >= 15 is 0 Å². The fourth-order valence-electron chi connectivity index (χ4n) is 0.796. The first-order valence-corrected chi connectivity index (χ1v) is 4.11. The summed E-state index contributed by atoms with van der Waals surface area (Å²) in [5.41, 5.74) is 0. The normalized spacial score (nSPS) is 13.2. The van der Waals surface area contributed by atoms with Gasteiger partial charge in [-0.15, -0.1) is 0 Å². The summed E-state index contributed by atoms with van der Waals surface area (Å²) in [6, 6.07) is -0.0139. The molecule has 1 N–H and O–H groups in total. The Morgan fingerprint density at radius 2 is 2.09 bits per heavy atom. The Morgan fingerprint density at radius 1 is 1.55 bits per heavy atom. The molecule has 0 fully saturated rings. The molecule has 0 aliphatic heterocycles. The van der Waals surface area contributed by atoms with Crippen LogP contribution in [0.15, 0.2) is 0 Å². The SMILES string of the molecule is CCNC(=O)C(C)N(C)CC. The maximum Gasteiger partial charge on any atom is 0.237 e. The Bertz CT molecular complexity index is 125. The van der Waals surface area contributed by atoms with E-state index in [1.54, 1.807) is 0 Å². The van der Waals surface area contributed by atoms with Gasteiger partial charge in [0.25, 0.3) is 0 Å². The lowest BCUT2D eigenvalue weighted by Gasteiger charge is -2.21. The van der Waals surface area contributed by atoms with Crippen LogP contribution in [0.5, 0.6) is 0 Å². The molecule has 0 saturated carbocycles. The van der Waals surface area contributed by atoms with Crippen molar-refractivity contribution < 1.29 is 4.79 Å². The fraction of sp³-hybridized carbons (Fsp3) is 0.875. The Kier molecular flexibility index (Phi) is 4.86. The molecule has 3 heteroatoms. The second-order valence-corrected chi connectivity index (χ2v) is 2.64. The predicted molar refractivity (Wildman–Crippen MR) is 46.4 cm³/mol. The summed E-state index contributed by atoms with van der Waals surface area (Å²) in [6.07, 6.45) is 0. The minimum Gasteiger partial charge on any atom is -0.355 e. The van der Waals surface area contributed by atoms with Crippen LogP contribution >= 0.6 is 0 Å². The van der Waals surface area contributed by atoms with Gasteiger partial charge in [0.15, 0.2) is 0 Å². The molecule has 0 aliphatic rings. The zero-order valence-corrected chi connectivity index (χ0v) is 7.85. The molecule has 1 unspecified atom stereocenters. The minimum atomic E-state index is -0.0139. The van der Waals surface area contributed by atoms with E-state index in [2.05, 4.69) is 5.32 Å². The second kappa shape index (κ2) is 5.13. The summed E-state index contributed by atoms with van der Waals surface area (Å²) in [6.45, 7) is 7.49.